The topological polar surface area (TPSA) is 96.9 Å². The van der Waals surface area contributed by atoms with Gasteiger partial charge in [-0.1, -0.05) is 35.9 Å². The molecule has 1 fully saturated rings. The number of nitrogens with one attached hydrogen (secondary N) is 2. The number of carbonyl (C=O) groups excluding carboxylic acids is 2. The maximum Gasteiger partial charge on any atom is 0.437 e. The van der Waals surface area contributed by atoms with Gasteiger partial charge in [0.1, 0.15) is 12.5 Å². The number of hydrogen-bond donors (Lipinski definition) is 3. The molecule has 0 aliphatic carbocycles. The molecule has 0 saturated carbocycles. The fraction of sp³-hybridized carbons (Fsp3) is 0.250. The molecule has 7 nitrogen and oxygen atoms in total. The molecule has 1 aliphatic heterocycles. The first-order valence-corrected chi connectivity index (χ1v) is 11.8. The fourth-order valence-corrected chi connectivity index (χ4v) is 4.76. The van der Waals surface area contributed by atoms with Crippen LogP contribution in [0, 0.1) is 5.92 Å². The second kappa shape index (κ2) is 10.00. The summed E-state index contributed by atoms with van der Waals surface area (Å²) in [7, 11) is 1.34. The summed E-state index contributed by atoms with van der Waals surface area (Å²) >= 11 is 6.81. The van der Waals surface area contributed by atoms with Crippen LogP contribution >= 0.6 is 22.9 Å². The molecule has 190 valence electrons. The SMILES string of the molecule is COc1cc([C@@H]2NC(=O)N[C@@](O)(C(F)(F)F)[C@H]2C(=O)c2cccs2)ccc1OCc1ccc(Cl)cc1. The van der Waals surface area contributed by atoms with Crippen molar-refractivity contribution < 1.29 is 37.3 Å². The summed E-state index contributed by atoms with van der Waals surface area (Å²) in [4.78, 5) is 25.4. The number of rotatable bonds is 7. The third-order valence-corrected chi connectivity index (χ3v) is 6.84. The smallest absolute Gasteiger partial charge is 0.437 e. The lowest BCUT2D eigenvalue weighted by Gasteiger charge is -2.44. The molecule has 2 aromatic carbocycles. The van der Waals surface area contributed by atoms with E-state index in [0.717, 1.165) is 16.9 Å². The van der Waals surface area contributed by atoms with Crippen molar-refractivity contribution >= 4 is 34.8 Å². The summed E-state index contributed by atoms with van der Waals surface area (Å²) in [5.41, 5.74) is -2.89. The van der Waals surface area contributed by atoms with Crippen LogP contribution < -0.4 is 20.1 Å². The van der Waals surface area contributed by atoms with Crippen molar-refractivity contribution in [2.45, 2.75) is 24.6 Å². The number of urea groups is 1. The van der Waals surface area contributed by atoms with Crippen LogP contribution in [-0.2, 0) is 6.61 Å². The lowest BCUT2D eigenvalue weighted by Crippen LogP contribution is -2.72. The van der Waals surface area contributed by atoms with Gasteiger partial charge < -0.3 is 25.2 Å². The van der Waals surface area contributed by atoms with E-state index in [9.17, 15) is 27.9 Å². The third kappa shape index (κ3) is 4.99. The van der Waals surface area contributed by atoms with Gasteiger partial charge in [0.15, 0.2) is 17.3 Å². The predicted molar refractivity (Wildman–Crippen MR) is 126 cm³/mol. The Hall–Kier alpha value is -3.28. The summed E-state index contributed by atoms with van der Waals surface area (Å²) in [6.07, 6.45) is -5.34. The van der Waals surface area contributed by atoms with Gasteiger partial charge in [-0.15, -0.1) is 11.3 Å². The predicted octanol–water partition coefficient (Wildman–Crippen LogP) is 5.09. The van der Waals surface area contributed by atoms with Gasteiger partial charge in [-0.3, -0.25) is 4.79 Å². The Morgan fingerprint density at radius 2 is 1.89 bits per heavy atom. The van der Waals surface area contributed by atoms with Crippen molar-refractivity contribution in [3.8, 4) is 11.5 Å². The van der Waals surface area contributed by atoms with E-state index in [0.29, 0.717) is 5.02 Å². The number of methoxy groups -OCH3 is 1. The maximum atomic E-state index is 14.0. The summed E-state index contributed by atoms with van der Waals surface area (Å²) in [6, 6.07) is 11.2. The molecule has 0 bridgehead atoms. The average molecular weight is 541 g/mol. The van der Waals surface area contributed by atoms with E-state index in [1.165, 1.54) is 48.1 Å². The Morgan fingerprint density at radius 1 is 1.17 bits per heavy atom. The van der Waals surface area contributed by atoms with Crippen LogP contribution in [0.15, 0.2) is 60.0 Å². The minimum atomic E-state index is -5.34. The Balaban J connectivity index is 1.70. The van der Waals surface area contributed by atoms with Crippen molar-refractivity contribution in [2.75, 3.05) is 7.11 Å². The van der Waals surface area contributed by atoms with E-state index >= 15 is 0 Å². The Morgan fingerprint density at radius 3 is 2.50 bits per heavy atom. The molecule has 0 spiro atoms. The molecule has 3 aromatic rings. The van der Waals surface area contributed by atoms with Crippen LogP contribution in [0.2, 0.25) is 5.02 Å². The van der Waals surface area contributed by atoms with Gasteiger partial charge in [0, 0.05) is 5.02 Å². The van der Waals surface area contributed by atoms with Crippen molar-refractivity contribution in [1.82, 2.24) is 10.6 Å². The number of carbonyl (C=O) groups is 2. The van der Waals surface area contributed by atoms with Crippen LogP contribution in [0.25, 0.3) is 0 Å². The van der Waals surface area contributed by atoms with E-state index in [-0.39, 0.29) is 28.5 Å². The highest BCUT2D eigenvalue weighted by Crippen LogP contribution is 2.45. The summed E-state index contributed by atoms with van der Waals surface area (Å²) in [6.45, 7) is 0.157. The van der Waals surface area contributed by atoms with E-state index < -0.39 is 35.7 Å². The first-order chi connectivity index (χ1) is 17.0. The fourth-order valence-electron chi connectivity index (χ4n) is 3.93. The first-order valence-electron chi connectivity index (χ1n) is 10.5. The van der Waals surface area contributed by atoms with Crippen LogP contribution in [0.1, 0.15) is 26.8 Å². The van der Waals surface area contributed by atoms with Crippen molar-refractivity contribution in [2.24, 2.45) is 5.92 Å². The lowest BCUT2D eigenvalue weighted by molar-refractivity contribution is -0.287. The number of ketones is 1. The normalized spacial score (nSPS) is 21.9. The number of benzene rings is 2. The average Bonchev–Trinajstić information content (AvgIpc) is 3.37. The first kappa shape index (κ1) is 25.8. The summed E-state index contributed by atoms with van der Waals surface area (Å²) in [5.74, 6) is -2.67. The molecule has 1 saturated heterocycles. The zero-order valence-electron chi connectivity index (χ0n) is 18.6. The molecule has 3 N–H and O–H groups in total. The van der Waals surface area contributed by atoms with Gasteiger partial charge in [0.25, 0.3) is 0 Å². The van der Waals surface area contributed by atoms with Crippen LogP contribution in [0.3, 0.4) is 0 Å². The van der Waals surface area contributed by atoms with Crippen LogP contribution in [0.5, 0.6) is 11.5 Å². The summed E-state index contributed by atoms with van der Waals surface area (Å²) < 4.78 is 53.3. The molecule has 2 amide bonds. The molecule has 4 rings (SSSR count). The van der Waals surface area contributed by atoms with Gasteiger partial charge in [-0.2, -0.15) is 13.2 Å². The number of thiophene rings is 1. The van der Waals surface area contributed by atoms with E-state index in [1.54, 1.807) is 24.3 Å². The number of halogens is 4. The molecule has 0 unspecified atom stereocenters. The third-order valence-electron chi connectivity index (χ3n) is 5.71. The maximum absolute atomic E-state index is 14.0. The standard InChI is InChI=1S/C24H20ClF3N2O5S/c1-34-17-11-14(6-9-16(17)35-12-13-4-7-15(25)8-5-13)20-19(21(31)18-3-2-10-36-18)23(33,24(26,27)28)30-22(32)29-20/h2-11,19-20,33H,12H2,1H3,(H2,29,30,32)/t19-,20+,23+/m1/s1. The zero-order chi connectivity index (χ0) is 26.1. The number of hydrogen-bond acceptors (Lipinski definition) is 6. The van der Waals surface area contributed by atoms with Crippen LogP contribution in [0.4, 0.5) is 18.0 Å². The van der Waals surface area contributed by atoms with Crippen molar-refractivity contribution in [3.63, 3.8) is 0 Å². The highest BCUT2D eigenvalue weighted by molar-refractivity contribution is 7.12. The van der Waals surface area contributed by atoms with Gasteiger partial charge in [-0.25, -0.2) is 4.79 Å². The number of aliphatic hydroxyl groups is 1. The number of alkyl halides is 3. The van der Waals surface area contributed by atoms with Gasteiger partial charge >= 0.3 is 12.2 Å². The molecule has 2 heterocycles. The highest BCUT2D eigenvalue weighted by atomic mass is 35.5. The van der Waals surface area contributed by atoms with Gasteiger partial charge in [0.05, 0.1) is 18.0 Å². The Labute approximate surface area is 212 Å². The quantitative estimate of drug-likeness (QED) is 0.363. The molecule has 36 heavy (non-hydrogen) atoms. The zero-order valence-corrected chi connectivity index (χ0v) is 20.2. The second-order valence-corrected chi connectivity index (χ2v) is 9.37. The molecule has 12 heteroatoms. The Bertz CT molecular complexity index is 1250. The molecule has 1 aromatic heterocycles. The highest BCUT2D eigenvalue weighted by Gasteiger charge is 2.66. The number of Topliss-reactive ketones (excluding diaryl/α,β-unsaturated/α-hetero) is 1. The molecular weight excluding hydrogens is 521 g/mol. The van der Waals surface area contributed by atoms with E-state index in [2.05, 4.69) is 5.32 Å². The monoisotopic (exact) mass is 540 g/mol. The number of ether oxygens (including phenoxy) is 2. The molecular formula is C24H20ClF3N2O5S. The van der Waals surface area contributed by atoms with E-state index in [4.69, 9.17) is 21.1 Å². The van der Waals surface area contributed by atoms with Crippen molar-refractivity contribution in [1.29, 1.82) is 0 Å². The molecule has 1 aliphatic rings. The van der Waals surface area contributed by atoms with Gasteiger partial charge in [-0.05, 0) is 46.8 Å². The Kier molecular flexibility index (Phi) is 7.17. The molecule has 3 atom stereocenters. The number of amides is 2. The minimum Gasteiger partial charge on any atom is -0.493 e. The summed E-state index contributed by atoms with van der Waals surface area (Å²) in [5, 5.41) is 16.6. The van der Waals surface area contributed by atoms with Crippen molar-refractivity contribution in [3.05, 3.63) is 81.0 Å². The van der Waals surface area contributed by atoms with Crippen LogP contribution in [-0.4, -0.2) is 35.9 Å². The second-order valence-electron chi connectivity index (χ2n) is 7.98. The largest absolute Gasteiger partial charge is 0.493 e. The lowest BCUT2D eigenvalue weighted by atomic mass is 9.78. The van der Waals surface area contributed by atoms with Gasteiger partial charge in [0.2, 0.25) is 5.72 Å². The minimum absolute atomic E-state index is 0.000469. The van der Waals surface area contributed by atoms with E-state index in [1.807, 2.05) is 0 Å². The molecule has 0 radical (unpaired) electrons.